The predicted molar refractivity (Wildman–Crippen MR) is 106 cm³/mol. The van der Waals surface area contributed by atoms with Crippen LogP contribution >= 0.6 is 11.6 Å². The maximum atomic E-state index is 12.5. The van der Waals surface area contributed by atoms with Crippen LogP contribution in [0.25, 0.3) is 11.3 Å². The van der Waals surface area contributed by atoms with E-state index in [1.807, 2.05) is 38.1 Å². The van der Waals surface area contributed by atoms with Crippen molar-refractivity contribution in [3.63, 3.8) is 0 Å². The highest BCUT2D eigenvalue weighted by molar-refractivity contribution is 6.31. The molecular formula is C20H20ClN3O4. The van der Waals surface area contributed by atoms with Crippen LogP contribution in [-0.4, -0.2) is 28.9 Å². The number of anilines is 1. The number of nitrogens with one attached hydrogen (secondary N) is 1. The van der Waals surface area contributed by atoms with Crippen LogP contribution in [0.3, 0.4) is 0 Å². The first-order chi connectivity index (χ1) is 13.5. The number of nitrogens with zero attached hydrogens (tertiary/aromatic N) is 2. The van der Waals surface area contributed by atoms with E-state index in [2.05, 4.69) is 15.6 Å². The summed E-state index contributed by atoms with van der Waals surface area (Å²) in [6, 6.07) is 12.5. The van der Waals surface area contributed by atoms with Crippen LogP contribution < -0.4 is 14.8 Å². The third kappa shape index (κ3) is 4.61. The molecule has 1 heterocycles. The Morgan fingerprint density at radius 3 is 2.57 bits per heavy atom. The molecule has 0 aliphatic heterocycles. The molecule has 1 unspecified atom stereocenters. The second-order valence-electron chi connectivity index (χ2n) is 6.08. The molecule has 1 N–H and O–H groups in total. The number of aryl methyl sites for hydroxylation is 1. The lowest BCUT2D eigenvalue weighted by molar-refractivity contribution is -0.122. The third-order valence-corrected chi connectivity index (χ3v) is 4.40. The van der Waals surface area contributed by atoms with Gasteiger partial charge in [-0.1, -0.05) is 11.6 Å². The summed E-state index contributed by atoms with van der Waals surface area (Å²) in [5.74, 6) is 1.13. The van der Waals surface area contributed by atoms with Crippen molar-refractivity contribution in [2.45, 2.75) is 26.9 Å². The lowest BCUT2D eigenvalue weighted by atomic mass is 10.1. The lowest BCUT2D eigenvalue weighted by Crippen LogP contribution is -2.30. The quantitative estimate of drug-likeness (QED) is 0.627. The van der Waals surface area contributed by atoms with Crippen LogP contribution in [0.5, 0.6) is 11.5 Å². The number of carbonyl (C=O) groups is 1. The zero-order valence-electron chi connectivity index (χ0n) is 15.7. The number of halogens is 1. The van der Waals surface area contributed by atoms with Crippen molar-refractivity contribution in [1.29, 1.82) is 0 Å². The fourth-order valence-corrected chi connectivity index (χ4v) is 2.62. The first kappa shape index (κ1) is 19.7. The molecule has 0 fully saturated rings. The smallest absolute Gasteiger partial charge is 0.266 e. The van der Waals surface area contributed by atoms with Gasteiger partial charge in [0.25, 0.3) is 5.91 Å². The number of rotatable bonds is 7. The molecule has 7 nitrogen and oxygen atoms in total. The minimum Gasteiger partial charge on any atom is -0.494 e. The molecular weight excluding hydrogens is 382 g/mol. The highest BCUT2D eigenvalue weighted by Crippen LogP contribution is 2.27. The van der Waals surface area contributed by atoms with Gasteiger partial charge in [-0.2, -0.15) is 0 Å². The van der Waals surface area contributed by atoms with Crippen LogP contribution in [0.1, 0.15) is 19.4 Å². The highest BCUT2D eigenvalue weighted by Gasteiger charge is 2.20. The van der Waals surface area contributed by atoms with Crippen LogP contribution in [-0.2, 0) is 4.79 Å². The molecule has 0 aliphatic rings. The van der Waals surface area contributed by atoms with Crippen LogP contribution in [0.15, 0.2) is 47.1 Å². The van der Waals surface area contributed by atoms with E-state index in [1.165, 1.54) is 0 Å². The Balaban J connectivity index is 1.69. The molecule has 0 aliphatic carbocycles. The van der Waals surface area contributed by atoms with E-state index in [-0.39, 0.29) is 11.7 Å². The first-order valence-electron chi connectivity index (χ1n) is 8.77. The predicted octanol–water partition coefficient (Wildman–Crippen LogP) is 4.50. The minimum absolute atomic E-state index is 0.219. The van der Waals surface area contributed by atoms with Gasteiger partial charge in [-0.3, -0.25) is 4.79 Å². The van der Waals surface area contributed by atoms with E-state index in [1.54, 1.807) is 25.1 Å². The standard InChI is InChI=1S/C20H20ClN3O4/c1-4-26-15-7-5-14(6-8-15)18-19(24-28-23-18)22-20(25)13(3)27-16-9-10-17(21)12(2)11-16/h5-11,13H,4H2,1-3H3,(H,22,24,25). The average Bonchev–Trinajstić information content (AvgIpc) is 3.13. The van der Waals surface area contributed by atoms with Crippen LogP contribution in [0.4, 0.5) is 5.82 Å². The topological polar surface area (TPSA) is 86.5 Å². The Morgan fingerprint density at radius 1 is 1.18 bits per heavy atom. The van der Waals surface area contributed by atoms with Gasteiger partial charge in [0.1, 0.15) is 11.5 Å². The molecule has 0 bridgehead atoms. The molecule has 8 heteroatoms. The maximum absolute atomic E-state index is 12.5. The molecule has 0 spiro atoms. The van der Waals surface area contributed by atoms with Gasteiger partial charge in [0.2, 0.25) is 5.82 Å². The van der Waals surface area contributed by atoms with Gasteiger partial charge in [0.05, 0.1) is 6.61 Å². The molecule has 3 rings (SSSR count). The number of hydrogen-bond acceptors (Lipinski definition) is 6. The molecule has 1 atom stereocenters. The van der Waals surface area contributed by atoms with Crippen molar-refractivity contribution in [3.05, 3.63) is 53.1 Å². The zero-order valence-corrected chi connectivity index (χ0v) is 16.5. The van der Waals surface area contributed by atoms with E-state index in [0.717, 1.165) is 16.9 Å². The first-order valence-corrected chi connectivity index (χ1v) is 9.15. The number of benzene rings is 2. The van der Waals surface area contributed by atoms with Gasteiger partial charge in [0, 0.05) is 10.6 Å². The van der Waals surface area contributed by atoms with E-state index < -0.39 is 6.10 Å². The van der Waals surface area contributed by atoms with Crippen LogP contribution in [0, 0.1) is 6.92 Å². The normalized spacial score (nSPS) is 11.7. The number of ether oxygens (including phenoxy) is 2. The third-order valence-electron chi connectivity index (χ3n) is 3.98. The number of hydrogen-bond donors (Lipinski definition) is 1. The Labute approximate surface area is 167 Å². The second-order valence-corrected chi connectivity index (χ2v) is 6.49. The van der Waals surface area contributed by atoms with Gasteiger partial charge in [-0.25, -0.2) is 4.63 Å². The van der Waals surface area contributed by atoms with Gasteiger partial charge in [0.15, 0.2) is 11.8 Å². The number of carbonyl (C=O) groups excluding carboxylic acids is 1. The second kappa shape index (κ2) is 8.75. The van der Waals surface area contributed by atoms with Crippen molar-refractivity contribution >= 4 is 23.3 Å². The SMILES string of the molecule is CCOc1ccc(-c2nonc2NC(=O)C(C)Oc2ccc(Cl)c(C)c2)cc1. The van der Waals surface area contributed by atoms with Gasteiger partial charge < -0.3 is 14.8 Å². The monoisotopic (exact) mass is 401 g/mol. The molecule has 146 valence electrons. The largest absolute Gasteiger partial charge is 0.494 e. The van der Waals surface area contributed by atoms with Gasteiger partial charge in [-0.05, 0) is 79.1 Å². The zero-order chi connectivity index (χ0) is 20.1. The summed E-state index contributed by atoms with van der Waals surface area (Å²) in [5, 5.41) is 11.0. The highest BCUT2D eigenvalue weighted by atomic mass is 35.5. The van der Waals surface area contributed by atoms with Crippen molar-refractivity contribution < 1.29 is 18.9 Å². The molecule has 2 aromatic carbocycles. The molecule has 1 aromatic heterocycles. The van der Waals surface area contributed by atoms with Gasteiger partial charge >= 0.3 is 0 Å². The van der Waals surface area contributed by atoms with Gasteiger partial charge in [-0.15, -0.1) is 0 Å². The Bertz CT molecular complexity index is 956. The average molecular weight is 402 g/mol. The molecule has 28 heavy (non-hydrogen) atoms. The van der Waals surface area contributed by atoms with Crippen molar-refractivity contribution in [2.75, 3.05) is 11.9 Å². The maximum Gasteiger partial charge on any atom is 0.266 e. The Morgan fingerprint density at radius 2 is 1.89 bits per heavy atom. The van der Waals surface area contributed by atoms with Crippen molar-refractivity contribution in [3.8, 4) is 22.8 Å². The van der Waals surface area contributed by atoms with Crippen molar-refractivity contribution in [2.24, 2.45) is 0 Å². The van der Waals surface area contributed by atoms with Crippen LogP contribution in [0.2, 0.25) is 5.02 Å². The number of aromatic nitrogens is 2. The molecule has 0 radical (unpaired) electrons. The summed E-state index contributed by atoms with van der Waals surface area (Å²) >= 11 is 6.01. The van der Waals surface area contributed by atoms with E-state index >= 15 is 0 Å². The summed E-state index contributed by atoms with van der Waals surface area (Å²) in [5.41, 5.74) is 2.03. The summed E-state index contributed by atoms with van der Waals surface area (Å²) < 4.78 is 15.9. The number of amides is 1. The Hall–Kier alpha value is -3.06. The summed E-state index contributed by atoms with van der Waals surface area (Å²) in [6.45, 7) is 6.00. The molecule has 0 saturated carbocycles. The fraction of sp³-hybridized carbons (Fsp3) is 0.250. The molecule has 1 amide bonds. The van der Waals surface area contributed by atoms with E-state index in [4.69, 9.17) is 25.7 Å². The molecule has 0 saturated heterocycles. The van der Waals surface area contributed by atoms with E-state index in [9.17, 15) is 4.79 Å². The summed E-state index contributed by atoms with van der Waals surface area (Å²) in [7, 11) is 0. The van der Waals surface area contributed by atoms with E-state index in [0.29, 0.717) is 23.1 Å². The molecule has 3 aromatic rings. The minimum atomic E-state index is -0.759. The lowest BCUT2D eigenvalue weighted by Gasteiger charge is -2.14. The summed E-state index contributed by atoms with van der Waals surface area (Å²) in [6.07, 6.45) is -0.759. The fourth-order valence-electron chi connectivity index (χ4n) is 2.50. The Kier molecular flexibility index (Phi) is 6.16. The van der Waals surface area contributed by atoms with Crippen molar-refractivity contribution in [1.82, 2.24) is 10.3 Å². The summed E-state index contributed by atoms with van der Waals surface area (Å²) in [4.78, 5) is 12.5.